The zero-order valence-electron chi connectivity index (χ0n) is 11.6. The largest absolute Gasteiger partial charge is 0.384 e. The van der Waals surface area contributed by atoms with Crippen molar-refractivity contribution < 1.29 is 8.42 Å². The van der Waals surface area contributed by atoms with Crippen molar-refractivity contribution >= 4 is 44.6 Å². The van der Waals surface area contributed by atoms with E-state index in [4.69, 9.17) is 23.2 Å². The fraction of sp³-hybridized carbons (Fsp3) is 0.200. The van der Waals surface area contributed by atoms with Crippen molar-refractivity contribution in [1.29, 1.82) is 0 Å². The molecule has 1 aliphatic rings. The molecule has 0 radical (unpaired) electrons. The summed E-state index contributed by atoms with van der Waals surface area (Å²) in [7, 11) is -3.72. The minimum atomic E-state index is -3.72. The Bertz CT molecular complexity index is 802. The fourth-order valence-corrected chi connectivity index (χ4v) is 4.32. The Labute approximate surface area is 139 Å². The van der Waals surface area contributed by atoms with Crippen molar-refractivity contribution in [3.63, 3.8) is 0 Å². The van der Waals surface area contributed by atoms with Gasteiger partial charge >= 0.3 is 0 Å². The van der Waals surface area contributed by atoms with Gasteiger partial charge in [0, 0.05) is 16.6 Å². The molecule has 0 aromatic heterocycles. The first kappa shape index (κ1) is 15.5. The van der Waals surface area contributed by atoms with Gasteiger partial charge in [0.05, 0.1) is 11.4 Å². The first-order valence-corrected chi connectivity index (χ1v) is 9.04. The number of para-hydroxylation sites is 1. The lowest BCUT2D eigenvalue weighted by atomic mass is 10.0. The predicted molar refractivity (Wildman–Crippen MR) is 90.5 cm³/mol. The van der Waals surface area contributed by atoms with E-state index < -0.39 is 10.0 Å². The van der Waals surface area contributed by atoms with Gasteiger partial charge in [0.1, 0.15) is 4.90 Å². The van der Waals surface area contributed by atoms with Crippen LogP contribution in [0, 0.1) is 0 Å². The zero-order valence-corrected chi connectivity index (χ0v) is 13.9. The molecule has 2 aromatic carbocycles. The highest BCUT2D eigenvalue weighted by atomic mass is 35.5. The molecule has 7 heteroatoms. The molecule has 1 aliphatic heterocycles. The van der Waals surface area contributed by atoms with Crippen molar-refractivity contribution in [3.8, 4) is 0 Å². The maximum Gasteiger partial charge on any atom is 0.263 e. The first-order chi connectivity index (χ1) is 10.5. The van der Waals surface area contributed by atoms with Gasteiger partial charge in [-0.15, -0.1) is 0 Å². The smallest absolute Gasteiger partial charge is 0.263 e. The van der Waals surface area contributed by atoms with Gasteiger partial charge in [0.25, 0.3) is 10.0 Å². The van der Waals surface area contributed by atoms with Gasteiger partial charge in [-0.1, -0.05) is 35.3 Å². The second-order valence-electron chi connectivity index (χ2n) is 5.08. The van der Waals surface area contributed by atoms with Crippen LogP contribution in [0.25, 0.3) is 0 Å². The van der Waals surface area contributed by atoms with Gasteiger partial charge in [0.15, 0.2) is 0 Å². The molecule has 0 unspecified atom stereocenters. The van der Waals surface area contributed by atoms with Gasteiger partial charge in [-0.2, -0.15) is 0 Å². The van der Waals surface area contributed by atoms with Gasteiger partial charge in [0.2, 0.25) is 0 Å². The van der Waals surface area contributed by atoms with Gasteiger partial charge in [-0.25, -0.2) is 8.42 Å². The number of benzene rings is 2. The van der Waals surface area contributed by atoms with Crippen molar-refractivity contribution in [1.82, 2.24) is 0 Å². The van der Waals surface area contributed by atoms with Crippen LogP contribution in [0.5, 0.6) is 0 Å². The van der Waals surface area contributed by atoms with E-state index in [2.05, 4.69) is 10.0 Å². The fourth-order valence-electron chi connectivity index (χ4n) is 2.52. The van der Waals surface area contributed by atoms with Crippen LogP contribution in [0.15, 0.2) is 41.3 Å². The molecule has 2 N–H and O–H groups in total. The van der Waals surface area contributed by atoms with E-state index in [1.165, 1.54) is 12.1 Å². The lowest BCUT2D eigenvalue weighted by Gasteiger charge is -2.21. The van der Waals surface area contributed by atoms with E-state index in [1.54, 1.807) is 18.2 Å². The molecule has 3 rings (SSSR count). The maximum absolute atomic E-state index is 12.7. The molecule has 4 nitrogen and oxygen atoms in total. The molecule has 0 saturated heterocycles. The number of aryl methyl sites for hydroxylation is 1. The van der Waals surface area contributed by atoms with E-state index in [1.807, 2.05) is 6.07 Å². The van der Waals surface area contributed by atoms with E-state index >= 15 is 0 Å². The van der Waals surface area contributed by atoms with Crippen LogP contribution in [-0.2, 0) is 16.4 Å². The molecule has 0 bridgehead atoms. The lowest BCUT2D eigenvalue weighted by molar-refractivity contribution is 0.601. The van der Waals surface area contributed by atoms with E-state index in [-0.39, 0.29) is 4.90 Å². The SMILES string of the molecule is O=S(=O)(Nc1cc(Cl)cc(Cl)c1)c1cccc2c1NCCC2. The summed E-state index contributed by atoms with van der Waals surface area (Å²) in [6, 6.07) is 9.88. The normalized spacial score (nSPS) is 14.1. The third kappa shape index (κ3) is 3.16. The molecule has 0 amide bonds. The Kier molecular flexibility index (Phi) is 4.21. The molecule has 22 heavy (non-hydrogen) atoms. The number of halogens is 2. The number of rotatable bonds is 3. The number of sulfonamides is 1. The summed E-state index contributed by atoms with van der Waals surface area (Å²) in [6.07, 6.45) is 1.86. The van der Waals surface area contributed by atoms with Crippen molar-refractivity contribution in [2.75, 3.05) is 16.6 Å². The Morgan fingerprint density at radius 3 is 2.55 bits per heavy atom. The zero-order chi connectivity index (χ0) is 15.7. The average Bonchev–Trinajstić information content (AvgIpc) is 2.45. The third-order valence-corrected chi connectivity index (χ3v) is 5.30. The molecule has 0 atom stereocenters. The first-order valence-electron chi connectivity index (χ1n) is 6.80. The molecule has 0 fully saturated rings. The van der Waals surface area contributed by atoms with Crippen LogP contribution >= 0.6 is 23.2 Å². The highest BCUT2D eigenvalue weighted by Gasteiger charge is 2.22. The summed E-state index contributed by atoms with van der Waals surface area (Å²) < 4.78 is 27.8. The lowest BCUT2D eigenvalue weighted by Crippen LogP contribution is -2.19. The van der Waals surface area contributed by atoms with Gasteiger partial charge < -0.3 is 5.32 Å². The van der Waals surface area contributed by atoms with Gasteiger partial charge in [-0.3, -0.25) is 4.72 Å². The summed E-state index contributed by atoms with van der Waals surface area (Å²) >= 11 is 11.8. The number of fused-ring (bicyclic) bond motifs is 1. The maximum atomic E-state index is 12.7. The highest BCUT2D eigenvalue weighted by molar-refractivity contribution is 7.92. The summed E-state index contributed by atoms with van der Waals surface area (Å²) in [5.74, 6) is 0. The number of hydrogen-bond donors (Lipinski definition) is 2. The highest BCUT2D eigenvalue weighted by Crippen LogP contribution is 2.31. The van der Waals surface area contributed by atoms with Crippen LogP contribution in [0.2, 0.25) is 10.0 Å². The van der Waals surface area contributed by atoms with Crippen molar-refractivity contribution in [3.05, 3.63) is 52.0 Å². The quantitative estimate of drug-likeness (QED) is 0.868. The van der Waals surface area contributed by atoms with Crippen LogP contribution in [-0.4, -0.2) is 15.0 Å². The molecule has 0 aliphatic carbocycles. The standard InChI is InChI=1S/C15H14Cl2N2O2S/c16-11-7-12(17)9-13(8-11)19-22(20,21)14-5-1-3-10-4-2-6-18-15(10)14/h1,3,5,7-9,18-19H,2,4,6H2. The number of nitrogens with one attached hydrogen (secondary N) is 2. The van der Waals surface area contributed by atoms with Crippen molar-refractivity contribution in [2.24, 2.45) is 0 Å². The summed E-state index contributed by atoms with van der Waals surface area (Å²) in [5, 5.41) is 3.92. The Hall–Kier alpha value is -1.43. The van der Waals surface area contributed by atoms with Crippen LogP contribution in [0.3, 0.4) is 0 Å². The van der Waals surface area contributed by atoms with E-state index in [0.717, 1.165) is 24.9 Å². The molecular formula is C15H14Cl2N2O2S. The Morgan fingerprint density at radius 1 is 1.09 bits per heavy atom. The van der Waals surface area contributed by atoms with Crippen LogP contribution < -0.4 is 10.0 Å². The van der Waals surface area contributed by atoms with Crippen molar-refractivity contribution in [2.45, 2.75) is 17.7 Å². The van der Waals surface area contributed by atoms with E-state index in [0.29, 0.717) is 21.4 Å². The molecule has 1 heterocycles. The third-order valence-electron chi connectivity index (χ3n) is 3.44. The van der Waals surface area contributed by atoms with Gasteiger partial charge in [-0.05, 0) is 42.7 Å². The molecule has 116 valence electrons. The monoisotopic (exact) mass is 356 g/mol. The molecule has 0 spiro atoms. The second-order valence-corrected chi connectivity index (χ2v) is 7.61. The second kappa shape index (κ2) is 5.99. The average molecular weight is 357 g/mol. The topological polar surface area (TPSA) is 58.2 Å². The number of hydrogen-bond acceptors (Lipinski definition) is 3. The number of anilines is 2. The Balaban J connectivity index is 2.00. The van der Waals surface area contributed by atoms with E-state index in [9.17, 15) is 8.42 Å². The summed E-state index contributed by atoms with van der Waals surface area (Å²) in [4.78, 5) is 0.237. The minimum absolute atomic E-state index is 0.237. The van der Waals surface area contributed by atoms with Crippen LogP contribution in [0.1, 0.15) is 12.0 Å². The predicted octanol–water partition coefficient (Wildman–Crippen LogP) is 4.15. The Morgan fingerprint density at radius 2 is 1.82 bits per heavy atom. The summed E-state index contributed by atoms with van der Waals surface area (Å²) in [6.45, 7) is 0.766. The van der Waals surface area contributed by atoms with Crippen LogP contribution in [0.4, 0.5) is 11.4 Å². The molecule has 0 saturated carbocycles. The summed E-state index contributed by atoms with van der Waals surface area (Å²) in [5.41, 5.74) is 2.03. The minimum Gasteiger partial charge on any atom is -0.384 e. The molecule has 2 aromatic rings. The molecular weight excluding hydrogens is 343 g/mol.